The first-order valence-corrected chi connectivity index (χ1v) is 7.48. The first-order valence-electron chi connectivity index (χ1n) is 7.48. The molecule has 0 aromatic heterocycles. The molecule has 2 heteroatoms. The second-order valence-corrected chi connectivity index (χ2v) is 6.27. The molecular formula is C15H32N2. The van der Waals surface area contributed by atoms with Crippen molar-refractivity contribution in [1.29, 1.82) is 0 Å². The van der Waals surface area contributed by atoms with Crippen LogP contribution in [0.15, 0.2) is 0 Å². The van der Waals surface area contributed by atoms with Gasteiger partial charge in [0, 0.05) is 18.6 Å². The van der Waals surface area contributed by atoms with Crippen LogP contribution in [0, 0.1) is 5.41 Å². The summed E-state index contributed by atoms with van der Waals surface area (Å²) in [6.45, 7) is 15.1. The first-order chi connectivity index (χ1) is 8.01. The minimum atomic E-state index is 0.356. The molecule has 1 aliphatic rings. The third-order valence-electron chi connectivity index (χ3n) is 4.54. The van der Waals surface area contributed by atoms with Gasteiger partial charge in [-0.15, -0.1) is 0 Å². The number of hydrogen-bond donors (Lipinski definition) is 1. The molecule has 17 heavy (non-hydrogen) atoms. The highest BCUT2D eigenvalue weighted by Gasteiger charge is 2.31. The van der Waals surface area contributed by atoms with Crippen LogP contribution in [-0.2, 0) is 0 Å². The van der Waals surface area contributed by atoms with Crippen molar-refractivity contribution < 1.29 is 0 Å². The largest absolute Gasteiger partial charge is 0.314 e. The van der Waals surface area contributed by atoms with Gasteiger partial charge in [-0.1, -0.05) is 40.5 Å². The van der Waals surface area contributed by atoms with Crippen LogP contribution in [0.3, 0.4) is 0 Å². The second-order valence-electron chi connectivity index (χ2n) is 6.27. The normalized spacial score (nSPS) is 20.1. The Balaban J connectivity index is 2.53. The Bertz CT molecular complexity index is 207. The molecule has 1 aliphatic carbocycles. The average Bonchev–Trinajstić information content (AvgIpc) is 2.79. The summed E-state index contributed by atoms with van der Waals surface area (Å²) < 4.78 is 0. The average molecular weight is 240 g/mol. The smallest absolute Gasteiger partial charge is 0.0102 e. The number of rotatable bonds is 7. The molecule has 0 heterocycles. The summed E-state index contributed by atoms with van der Waals surface area (Å²) in [4.78, 5) is 2.71. The summed E-state index contributed by atoms with van der Waals surface area (Å²) in [7, 11) is 0. The zero-order chi connectivity index (χ0) is 12.9. The Kier molecular flexibility index (Phi) is 5.94. The Morgan fingerprint density at radius 3 is 2.29 bits per heavy atom. The van der Waals surface area contributed by atoms with Crippen molar-refractivity contribution in [3.63, 3.8) is 0 Å². The molecule has 0 spiro atoms. The van der Waals surface area contributed by atoms with Crippen molar-refractivity contribution in [3.05, 3.63) is 0 Å². The van der Waals surface area contributed by atoms with Gasteiger partial charge in [0.25, 0.3) is 0 Å². The van der Waals surface area contributed by atoms with Gasteiger partial charge in [-0.3, -0.25) is 0 Å². The van der Waals surface area contributed by atoms with E-state index in [9.17, 15) is 0 Å². The molecule has 0 saturated heterocycles. The molecule has 1 N–H and O–H groups in total. The van der Waals surface area contributed by atoms with Crippen molar-refractivity contribution in [3.8, 4) is 0 Å². The van der Waals surface area contributed by atoms with E-state index in [1.165, 1.54) is 38.8 Å². The summed E-state index contributed by atoms with van der Waals surface area (Å²) in [5.74, 6) is 0. The highest BCUT2D eigenvalue weighted by molar-refractivity contribution is 4.87. The lowest BCUT2D eigenvalue weighted by Crippen LogP contribution is -2.48. The quantitative estimate of drug-likeness (QED) is 0.735. The highest BCUT2D eigenvalue weighted by Crippen LogP contribution is 2.28. The van der Waals surface area contributed by atoms with E-state index < -0.39 is 0 Å². The number of nitrogens with zero attached hydrogens (tertiary/aromatic N) is 1. The van der Waals surface area contributed by atoms with E-state index in [-0.39, 0.29) is 0 Å². The van der Waals surface area contributed by atoms with E-state index in [0.29, 0.717) is 11.5 Å². The number of hydrogen-bond acceptors (Lipinski definition) is 2. The van der Waals surface area contributed by atoms with Crippen molar-refractivity contribution in [2.45, 2.75) is 72.4 Å². The summed E-state index contributed by atoms with van der Waals surface area (Å²) in [5, 5.41) is 3.58. The van der Waals surface area contributed by atoms with E-state index >= 15 is 0 Å². The van der Waals surface area contributed by atoms with Gasteiger partial charge in [-0.25, -0.2) is 0 Å². The maximum atomic E-state index is 3.58. The van der Waals surface area contributed by atoms with Crippen LogP contribution in [0.5, 0.6) is 0 Å². The molecule has 1 atom stereocenters. The molecule has 0 radical (unpaired) electrons. The Morgan fingerprint density at radius 1 is 1.24 bits per heavy atom. The van der Waals surface area contributed by atoms with Gasteiger partial charge in [-0.2, -0.15) is 0 Å². The maximum absolute atomic E-state index is 3.58. The SMILES string of the molecule is CCNC(C)C(C)(C)CN(CC)C1CCCC1. The fraction of sp³-hybridized carbons (Fsp3) is 1.00. The van der Waals surface area contributed by atoms with Crippen LogP contribution in [0.25, 0.3) is 0 Å². The Morgan fingerprint density at radius 2 is 1.82 bits per heavy atom. The molecule has 1 fully saturated rings. The molecule has 0 amide bonds. The molecule has 0 bridgehead atoms. The van der Waals surface area contributed by atoms with Crippen molar-refractivity contribution in [2.75, 3.05) is 19.6 Å². The molecule has 0 aromatic rings. The van der Waals surface area contributed by atoms with E-state index in [1.54, 1.807) is 0 Å². The van der Waals surface area contributed by atoms with Gasteiger partial charge in [-0.05, 0) is 38.3 Å². The fourth-order valence-electron chi connectivity index (χ4n) is 3.01. The van der Waals surface area contributed by atoms with Crippen molar-refractivity contribution >= 4 is 0 Å². The summed E-state index contributed by atoms with van der Waals surface area (Å²) in [5.41, 5.74) is 0.356. The molecule has 0 aromatic carbocycles. The lowest BCUT2D eigenvalue weighted by Gasteiger charge is -2.39. The van der Waals surface area contributed by atoms with Crippen LogP contribution in [0.4, 0.5) is 0 Å². The summed E-state index contributed by atoms with van der Waals surface area (Å²) in [6.07, 6.45) is 5.70. The lowest BCUT2D eigenvalue weighted by atomic mass is 9.84. The first kappa shape index (κ1) is 15.0. The van der Waals surface area contributed by atoms with Gasteiger partial charge < -0.3 is 10.2 Å². The zero-order valence-electron chi connectivity index (χ0n) is 12.6. The van der Waals surface area contributed by atoms with Gasteiger partial charge in [0.15, 0.2) is 0 Å². The Labute approximate surface area is 108 Å². The second kappa shape index (κ2) is 6.75. The van der Waals surface area contributed by atoms with Crippen LogP contribution < -0.4 is 5.32 Å². The Hall–Kier alpha value is -0.0800. The highest BCUT2D eigenvalue weighted by atomic mass is 15.2. The van der Waals surface area contributed by atoms with Gasteiger partial charge in [0.2, 0.25) is 0 Å². The monoisotopic (exact) mass is 240 g/mol. The minimum absolute atomic E-state index is 0.356. The third-order valence-corrected chi connectivity index (χ3v) is 4.54. The lowest BCUT2D eigenvalue weighted by molar-refractivity contribution is 0.112. The van der Waals surface area contributed by atoms with E-state index in [1.807, 2.05) is 0 Å². The van der Waals surface area contributed by atoms with Crippen LogP contribution in [0.1, 0.15) is 60.3 Å². The predicted molar refractivity (Wildman–Crippen MR) is 76.4 cm³/mol. The minimum Gasteiger partial charge on any atom is -0.314 e. The van der Waals surface area contributed by atoms with E-state index in [4.69, 9.17) is 0 Å². The maximum Gasteiger partial charge on any atom is 0.0102 e. The molecule has 0 aliphatic heterocycles. The topological polar surface area (TPSA) is 15.3 Å². The van der Waals surface area contributed by atoms with Crippen LogP contribution in [0.2, 0.25) is 0 Å². The molecule has 102 valence electrons. The van der Waals surface area contributed by atoms with Gasteiger partial charge in [0.1, 0.15) is 0 Å². The molecule has 2 nitrogen and oxygen atoms in total. The van der Waals surface area contributed by atoms with Gasteiger partial charge >= 0.3 is 0 Å². The van der Waals surface area contributed by atoms with Crippen LogP contribution in [-0.4, -0.2) is 36.6 Å². The predicted octanol–water partition coefficient (Wildman–Crippen LogP) is 3.28. The summed E-state index contributed by atoms with van der Waals surface area (Å²) >= 11 is 0. The third kappa shape index (κ3) is 4.26. The van der Waals surface area contributed by atoms with Crippen molar-refractivity contribution in [1.82, 2.24) is 10.2 Å². The molecule has 1 saturated carbocycles. The fourth-order valence-corrected chi connectivity index (χ4v) is 3.01. The van der Waals surface area contributed by atoms with E-state index in [0.717, 1.165) is 12.6 Å². The molecular weight excluding hydrogens is 208 g/mol. The van der Waals surface area contributed by atoms with Gasteiger partial charge in [0.05, 0.1) is 0 Å². The summed E-state index contributed by atoms with van der Waals surface area (Å²) in [6, 6.07) is 1.44. The number of nitrogens with one attached hydrogen (secondary N) is 1. The standard InChI is InChI=1S/C15H32N2/c1-6-16-13(3)15(4,5)12-17(7-2)14-10-8-9-11-14/h13-14,16H,6-12H2,1-5H3. The van der Waals surface area contributed by atoms with Crippen LogP contribution >= 0.6 is 0 Å². The molecule has 1 unspecified atom stereocenters. The van der Waals surface area contributed by atoms with E-state index in [2.05, 4.69) is 44.8 Å². The molecule has 1 rings (SSSR count). The van der Waals surface area contributed by atoms with Crippen molar-refractivity contribution in [2.24, 2.45) is 5.41 Å². The zero-order valence-corrected chi connectivity index (χ0v) is 12.6.